The molecule has 2 rings (SSSR count). The van der Waals surface area contributed by atoms with E-state index < -0.39 is 0 Å². The Morgan fingerprint density at radius 1 is 1.18 bits per heavy atom. The summed E-state index contributed by atoms with van der Waals surface area (Å²) in [6.07, 6.45) is 0. The lowest BCUT2D eigenvalue weighted by molar-refractivity contribution is 1.19. The maximum Gasteiger partial charge on any atom is 0.223 e. The Labute approximate surface area is 104 Å². The summed E-state index contributed by atoms with van der Waals surface area (Å²) in [5.74, 6) is 0.947. The van der Waals surface area contributed by atoms with Gasteiger partial charge in [-0.05, 0) is 24.6 Å². The minimum absolute atomic E-state index is 0.122. The van der Waals surface area contributed by atoms with Crippen molar-refractivity contribution < 1.29 is 0 Å². The molecular weight excluding hydrogens is 238 g/mol. The van der Waals surface area contributed by atoms with E-state index in [4.69, 9.17) is 23.1 Å². The second-order valence-electron chi connectivity index (χ2n) is 3.64. The minimum Gasteiger partial charge on any atom is -0.383 e. The lowest BCUT2D eigenvalue weighted by Gasteiger charge is -2.09. The first-order valence-electron chi connectivity index (χ1n) is 4.98. The van der Waals surface area contributed by atoms with Crippen molar-refractivity contribution in [1.82, 2.24) is 9.97 Å². The van der Waals surface area contributed by atoms with E-state index in [0.717, 1.165) is 11.3 Å². The van der Waals surface area contributed by atoms with Gasteiger partial charge in [0.15, 0.2) is 0 Å². The van der Waals surface area contributed by atoms with Gasteiger partial charge in [-0.1, -0.05) is 17.7 Å². The quantitative estimate of drug-likeness (QED) is 0.760. The molecule has 2 aromatic rings. The van der Waals surface area contributed by atoms with Gasteiger partial charge < -0.3 is 16.8 Å². The maximum absolute atomic E-state index is 6.06. The van der Waals surface area contributed by atoms with Crippen molar-refractivity contribution in [2.45, 2.75) is 6.92 Å². The molecule has 5 nitrogen and oxygen atoms in total. The second-order valence-corrected chi connectivity index (χ2v) is 4.05. The predicted molar refractivity (Wildman–Crippen MR) is 70.3 cm³/mol. The molecule has 88 valence electrons. The van der Waals surface area contributed by atoms with E-state index in [1.54, 1.807) is 6.07 Å². The van der Waals surface area contributed by atoms with Crippen molar-refractivity contribution in [1.29, 1.82) is 0 Å². The summed E-state index contributed by atoms with van der Waals surface area (Å²) >= 11 is 6.06. The summed E-state index contributed by atoms with van der Waals surface area (Å²) < 4.78 is 0. The van der Waals surface area contributed by atoms with Gasteiger partial charge in [0.1, 0.15) is 11.6 Å². The molecule has 0 aliphatic carbocycles. The van der Waals surface area contributed by atoms with Gasteiger partial charge in [-0.25, -0.2) is 0 Å². The molecule has 1 aromatic carbocycles. The van der Waals surface area contributed by atoms with Crippen molar-refractivity contribution in [3.05, 3.63) is 34.9 Å². The number of nitrogens with one attached hydrogen (secondary N) is 1. The second kappa shape index (κ2) is 4.47. The Morgan fingerprint density at radius 3 is 2.65 bits per heavy atom. The van der Waals surface area contributed by atoms with Crippen molar-refractivity contribution in [2.75, 3.05) is 16.8 Å². The molecular formula is C11H12ClN5. The highest BCUT2D eigenvalue weighted by molar-refractivity contribution is 6.33. The Balaban J connectivity index is 2.34. The van der Waals surface area contributed by atoms with Crippen LogP contribution in [0.25, 0.3) is 0 Å². The summed E-state index contributed by atoms with van der Waals surface area (Å²) in [5, 5.41) is 3.65. The van der Waals surface area contributed by atoms with Gasteiger partial charge in [0.25, 0.3) is 0 Å². The average molecular weight is 250 g/mol. The van der Waals surface area contributed by atoms with Gasteiger partial charge in [0.2, 0.25) is 5.95 Å². The van der Waals surface area contributed by atoms with Crippen LogP contribution in [0.1, 0.15) is 5.56 Å². The van der Waals surface area contributed by atoms with Gasteiger partial charge in [-0.3, -0.25) is 0 Å². The molecule has 0 amide bonds. The first-order chi connectivity index (χ1) is 8.04. The van der Waals surface area contributed by atoms with Gasteiger partial charge in [-0.15, -0.1) is 0 Å². The van der Waals surface area contributed by atoms with Gasteiger partial charge in [-0.2, -0.15) is 9.97 Å². The zero-order valence-electron chi connectivity index (χ0n) is 9.24. The van der Waals surface area contributed by atoms with Gasteiger partial charge >= 0.3 is 0 Å². The number of nitrogens with two attached hydrogens (primary N) is 2. The van der Waals surface area contributed by atoms with Crippen LogP contribution in [0.4, 0.5) is 23.3 Å². The highest BCUT2D eigenvalue weighted by Crippen LogP contribution is 2.26. The van der Waals surface area contributed by atoms with Crippen LogP contribution < -0.4 is 16.8 Å². The minimum atomic E-state index is 0.122. The summed E-state index contributed by atoms with van der Waals surface area (Å²) in [6.45, 7) is 1.98. The van der Waals surface area contributed by atoms with Crippen LogP contribution >= 0.6 is 11.6 Å². The number of benzene rings is 1. The summed E-state index contributed by atoms with van der Waals surface area (Å²) in [6, 6.07) is 7.25. The molecule has 0 saturated heterocycles. The summed E-state index contributed by atoms with van der Waals surface area (Å²) in [4.78, 5) is 7.80. The number of aryl methyl sites for hydroxylation is 1. The molecule has 6 heteroatoms. The predicted octanol–water partition coefficient (Wildman–Crippen LogP) is 2.35. The van der Waals surface area contributed by atoms with Crippen LogP contribution in [0, 0.1) is 6.92 Å². The number of nitrogen functional groups attached to an aromatic ring is 2. The van der Waals surface area contributed by atoms with Gasteiger partial charge in [0.05, 0.1) is 10.7 Å². The fourth-order valence-corrected chi connectivity index (χ4v) is 1.59. The molecule has 0 atom stereocenters. The molecule has 5 N–H and O–H groups in total. The number of halogens is 1. The van der Waals surface area contributed by atoms with Crippen molar-refractivity contribution in [2.24, 2.45) is 0 Å². The average Bonchev–Trinajstić information content (AvgIpc) is 2.22. The molecule has 0 radical (unpaired) electrons. The number of nitrogens with zero attached hydrogens (tertiary/aromatic N) is 2. The Bertz CT molecular complexity index is 535. The number of anilines is 4. The molecule has 1 aromatic heterocycles. The van der Waals surface area contributed by atoms with E-state index in [1.165, 1.54) is 0 Å². The smallest absolute Gasteiger partial charge is 0.223 e. The molecule has 1 heterocycles. The van der Waals surface area contributed by atoms with E-state index in [1.807, 2.05) is 25.1 Å². The molecule has 0 fully saturated rings. The SMILES string of the molecule is Cc1ccc(Cl)c(Nc2cc(N)nc(N)n2)c1. The zero-order chi connectivity index (χ0) is 12.4. The fraction of sp³-hybridized carbons (Fsp3) is 0.0909. The number of hydrogen-bond donors (Lipinski definition) is 3. The molecule has 17 heavy (non-hydrogen) atoms. The molecule has 0 saturated carbocycles. The van der Waals surface area contributed by atoms with Crippen LogP contribution in [0.2, 0.25) is 5.02 Å². The third-order valence-corrected chi connectivity index (χ3v) is 2.48. The first kappa shape index (κ1) is 11.5. The topological polar surface area (TPSA) is 89.8 Å². The molecule has 0 bridgehead atoms. The number of aromatic nitrogens is 2. The fourth-order valence-electron chi connectivity index (χ4n) is 1.42. The van der Waals surface area contributed by atoms with E-state index in [-0.39, 0.29) is 5.95 Å². The Kier molecular flexibility index (Phi) is 3.01. The highest BCUT2D eigenvalue weighted by atomic mass is 35.5. The van der Waals surface area contributed by atoms with E-state index in [9.17, 15) is 0 Å². The third kappa shape index (κ3) is 2.76. The summed E-state index contributed by atoms with van der Waals surface area (Å²) in [5.41, 5.74) is 12.9. The Morgan fingerprint density at radius 2 is 1.94 bits per heavy atom. The van der Waals surface area contributed by atoms with E-state index in [0.29, 0.717) is 16.7 Å². The van der Waals surface area contributed by atoms with Crippen molar-refractivity contribution >= 4 is 34.9 Å². The summed E-state index contributed by atoms with van der Waals surface area (Å²) in [7, 11) is 0. The molecule has 0 spiro atoms. The van der Waals surface area contributed by atoms with E-state index >= 15 is 0 Å². The molecule has 0 aliphatic rings. The lowest BCUT2D eigenvalue weighted by atomic mass is 10.2. The maximum atomic E-state index is 6.06. The monoisotopic (exact) mass is 249 g/mol. The normalized spacial score (nSPS) is 10.2. The first-order valence-corrected chi connectivity index (χ1v) is 5.35. The van der Waals surface area contributed by atoms with Crippen LogP contribution in [-0.2, 0) is 0 Å². The largest absolute Gasteiger partial charge is 0.383 e. The molecule has 0 unspecified atom stereocenters. The van der Waals surface area contributed by atoms with Crippen LogP contribution in [-0.4, -0.2) is 9.97 Å². The lowest BCUT2D eigenvalue weighted by Crippen LogP contribution is -2.03. The van der Waals surface area contributed by atoms with Crippen LogP contribution in [0.15, 0.2) is 24.3 Å². The van der Waals surface area contributed by atoms with Crippen LogP contribution in [0.3, 0.4) is 0 Å². The highest BCUT2D eigenvalue weighted by Gasteiger charge is 2.04. The third-order valence-electron chi connectivity index (χ3n) is 2.15. The van der Waals surface area contributed by atoms with Crippen molar-refractivity contribution in [3.8, 4) is 0 Å². The van der Waals surface area contributed by atoms with Gasteiger partial charge in [0, 0.05) is 6.07 Å². The number of rotatable bonds is 2. The van der Waals surface area contributed by atoms with Crippen LogP contribution in [0.5, 0.6) is 0 Å². The Hall–Kier alpha value is -2.01. The molecule has 0 aliphatic heterocycles. The van der Waals surface area contributed by atoms with E-state index in [2.05, 4.69) is 15.3 Å². The zero-order valence-corrected chi connectivity index (χ0v) is 9.99. The van der Waals surface area contributed by atoms with Crippen molar-refractivity contribution in [3.63, 3.8) is 0 Å². The number of hydrogen-bond acceptors (Lipinski definition) is 5. The standard InChI is InChI=1S/C11H12ClN5/c1-6-2-3-7(12)8(4-6)15-10-5-9(13)16-11(14)17-10/h2-5H,1H3,(H5,13,14,15,16,17).